The highest BCUT2D eigenvalue weighted by Gasteiger charge is 2.02. The van der Waals surface area contributed by atoms with E-state index in [9.17, 15) is 0 Å². The third kappa shape index (κ3) is 4.85. The molecule has 0 aromatic heterocycles. The van der Waals surface area contributed by atoms with Gasteiger partial charge in [-0.05, 0) is 37.0 Å². The van der Waals surface area contributed by atoms with E-state index in [4.69, 9.17) is 14.7 Å². The highest BCUT2D eigenvalue weighted by molar-refractivity contribution is 5.43. The van der Waals surface area contributed by atoms with Crippen molar-refractivity contribution < 1.29 is 9.47 Å². The van der Waals surface area contributed by atoms with E-state index in [2.05, 4.69) is 30.3 Å². The van der Waals surface area contributed by atoms with Crippen molar-refractivity contribution in [2.75, 3.05) is 13.7 Å². The molecule has 0 saturated heterocycles. The Morgan fingerprint density at radius 1 is 1.00 bits per heavy atom. The van der Waals surface area contributed by atoms with Crippen molar-refractivity contribution in [3.63, 3.8) is 0 Å². The molecular weight excluding hydrogens is 262 g/mol. The first-order valence-electron chi connectivity index (χ1n) is 7.08. The van der Waals surface area contributed by atoms with Crippen LogP contribution in [-0.4, -0.2) is 13.7 Å². The van der Waals surface area contributed by atoms with Crippen LogP contribution in [0.1, 0.15) is 24.0 Å². The maximum atomic E-state index is 8.96. The van der Waals surface area contributed by atoms with E-state index in [0.29, 0.717) is 23.7 Å². The number of benzene rings is 2. The fourth-order valence-electron chi connectivity index (χ4n) is 2.10. The first kappa shape index (κ1) is 14.9. The van der Waals surface area contributed by atoms with E-state index in [1.807, 2.05) is 6.07 Å². The number of nitrogens with zero attached hydrogens (tertiary/aromatic N) is 1. The van der Waals surface area contributed by atoms with Crippen LogP contribution in [0.3, 0.4) is 0 Å². The standard InChI is InChI=1S/C18H19NO2/c1-20-17-11-16(14-19)12-18(13-17)21-10-6-5-9-15-7-3-2-4-8-15/h2-4,7-8,11-13H,5-6,9-10H2,1H3. The van der Waals surface area contributed by atoms with Gasteiger partial charge in [-0.15, -0.1) is 0 Å². The van der Waals surface area contributed by atoms with Crippen molar-refractivity contribution >= 4 is 0 Å². The molecule has 0 aliphatic carbocycles. The Morgan fingerprint density at radius 3 is 2.48 bits per heavy atom. The average molecular weight is 281 g/mol. The van der Waals surface area contributed by atoms with Gasteiger partial charge in [0.2, 0.25) is 0 Å². The molecule has 2 rings (SSSR count). The topological polar surface area (TPSA) is 42.2 Å². The first-order chi connectivity index (χ1) is 10.3. The molecule has 0 amide bonds. The highest BCUT2D eigenvalue weighted by Crippen LogP contribution is 2.22. The zero-order valence-electron chi connectivity index (χ0n) is 12.2. The number of hydrogen-bond donors (Lipinski definition) is 0. The molecule has 0 radical (unpaired) electrons. The summed E-state index contributed by atoms with van der Waals surface area (Å²) >= 11 is 0. The van der Waals surface area contributed by atoms with Crippen molar-refractivity contribution in [1.82, 2.24) is 0 Å². The Bertz CT molecular complexity index is 602. The molecule has 108 valence electrons. The molecule has 0 fully saturated rings. The van der Waals surface area contributed by atoms with Crippen LogP contribution in [0.25, 0.3) is 0 Å². The average Bonchev–Trinajstić information content (AvgIpc) is 2.55. The first-order valence-corrected chi connectivity index (χ1v) is 7.08. The Morgan fingerprint density at radius 2 is 1.76 bits per heavy atom. The molecule has 0 aliphatic rings. The zero-order valence-corrected chi connectivity index (χ0v) is 12.2. The van der Waals surface area contributed by atoms with Gasteiger partial charge in [-0.2, -0.15) is 5.26 Å². The van der Waals surface area contributed by atoms with Gasteiger partial charge in [0.15, 0.2) is 0 Å². The van der Waals surface area contributed by atoms with Crippen molar-refractivity contribution in [3.05, 3.63) is 59.7 Å². The van der Waals surface area contributed by atoms with Crippen LogP contribution < -0.4 is 9.47 Å². The molecule has 21 heavy (non-hydrogen) atoms. The lowest BCUT2D eigenvalue weighted by Crippen LogP contribution is -1.99. The second kappa shape index (κ2) is 7.96. The second-order valence-corrected chi connectivity index (χ2v) is 4.80. The summed E-state index contributed by atoms with van der Waals surface area (Å²) in [7, 11) is 1.58. The van der Waals surface area contributed by atoms with Crippen molar-refractivity contribution in [3.8, 4) is 17.6 Å². The lowest BCUT2D eigenvalue weighted by Gasteiger charge is -2.08. The SMILES string of the molecule is COc1cc(C#N)cc(OCCCCc2ccccc2)c1. The van der Waals surface area contributed by atoms with Gasteiger partial charge in [0.1, 0.15) is 11.5 Å². The normalized spacial score (nSPS) is 9.90. The van der Waals surface area contributed by atoms with Gasteiger partial charge in [0, 0.05) is 6.07 Å². The largest absolute Gasteiger partial charge is 0.497 e. The quantitative estimate of drug-likeness (QED) is 0.721. The van der Waals surface area contributed by atoms with E-state index in [1.165, 1.54) is 5.56 Å². The van der Waals surface area contributed by atoms with E-state index < -0.39 is 0 Å². The number of rotatable bonds is 7. The van der Waals surface area contributed by atoms with Gasteiger partial charge in [-0.1, -0.05) is 30.3 Å². The number of unbranched alkanes of at least 4 members (excludes halogenated alkanes) is 1. The lowest BCUT2D eigenvalue weighted by molar-refractivity contribution is 0.304. The van der Waals surface area contributed by atoms with E-state index in [0.717, 1.165) is 19.3 Å². The predicted molar refractivity (Wildman–Crippen MR) is 82.6 cm³/mol. The summed E-state index contributed by atoms with van der Waals surface area (Å²) in [5.41, 5.74) is 1.90. The van der Waals surface area contributed by atoms with Gasteiger partial charge < -0.3 is 9.47 Å². The van der Waals surface area contributed by atoms with Crippen LogP contribution in [0.4, 0.5) is 0 Å². The molecule has 0 heterocycles. The van der Waals surface area contributed by atoms with Crippen LogP contribution in [0.2, 0.25) is 0 Å². The molecule has 0 aliphatic heterocycles. The fourth-order valence-corrected chi connectivity index (χ4v) is 2.10. The molecule has 0 atom stereocenters. The monoisotopic (exact) mass is 281 g/mol. The Hall–Kier alpha value is -2.47. The number of ether oxygens (including phenoxy) is 2. The summed E-state index contributed by atoms with van der Waals surface area (Å²) in [6.07, 6.45) is 3.12. The minimum Gasteiger partial charge on any atom is -0.497 e. The molecule has 0 N–H and O–H groups in total. The number of aryl methyl sites for hydroxylation is 1. The summed E-state index contributed by atoms with van der Waals surface area (Å²) in [5, 5.41) is 8.96. The minimum absolute atomic E-state index is 0.550. The van der Waals surface area contributed by atoms with E-state index in [1.54, 1.807) is 25.3 Å². The number of hydrogen-bond acceptors (Lipinski definition) is 3. The Kier molecular flexibility index (Phi) is 5.66. The summed E-state index contributed by atoms with van der Waals surface area (Å²) in [4.78, 5) is 0. The summed E-state index contributed by atoms with van der Waals surface area (Å²) < 4.78 is 10.8. The van der Waals surface area contributed by atoms with Crippen molar-refractivity contribution in [1.29, 1.82) is 5.26 Å². The molecule has 0 bridgehead atoms. The van der Waals surface area contributed by atoms with Gasteiger partial charge in [-0.3, -0.25) is 0 Å². The van der Waals surface area contributed by atoms with Crippen molar-refractivity contribution in [2.24, 2.45) is 0 Å². The van der Waals surface area contributed by atoms with Crippen LogP contribution in [0, 0.1) is 11.3 Å². The molecule has 3 nitrogen and oxygen atoms in total. The number of nitriles is 1. The summed E-state index contributed by atoms with van der Waals surface area (Å²) in [6.45, 7) is 0.644. The second-order valence-electron chi connectivity index (χ2n) is 4.80. The summed E-state index contributed by atoms with van der Waals surface area (Å²) in [6, 6.07) is 17.8. The van der Waals surface area contributed by atoms with E-state index >= 15 is 0 Å². The smallest absolute Gasteiger partial charge is 0.124 e. The van der Waals surface area contributed by atoms with Crippen LogP contribution in [0.15, 0.2) is 48.5 Å². The van der Waals surface area contributed by atoms with Crippen LogP contribution >= 0.6 is 0 Å². The maximum Gasteiger partial charge on any atom is 0.124 e. The molecule has 0 spiro atoms. The van der Waals surface area contributed by atoms with E-state index in [-0.39, 0.29) is 0 Å². The van der Waals surface area contributed by atoms with Gasteiger partial charge >= 0.3 is 0 Å². The molecule has 2 aromatic carbocycles. The third-order valence-electron chi connectivity index (χ3n) is 3.22. The maximum absolute atomic E-state index is 8.96. The third-order valence-corrected chi connectivity index (χ3v) is 3.22. The van der Waals surface area contributed by atoms with Crippen LogP contribution in [0.5, 0.6) is 11.5 Å². The summed E-state index contributed by atoms with van der Waals surface area (Å²) in [5.74, 6) is 1.33. The Labute approximate surface area is 125 Å². The number of methoxy groups -OCH3 is 1. The molecular formula is C18H19NO2. The fraction of sp³-hybridized carbons (Fsp3) is 0.278. The zero-order chi connectivity index (χ0) is 14.9. The van der Waals surface area contributed by atoms with Crippen LogP contribution in [-0.2, 0) is 6.42 Å². The molecule has 2 aromatic rings. The molecule has 0 saturated carbocycles. The molecule has 3 heteroatoms. The van der Waals surface area contributed by atoms with Gasteiger partial charge in [-0.25, -0.2) is 0 Å². The minimum atomic E-state index is 0.550. The molecule has 0 unspecified atom stereocenters. The lowest BCUT2D eigenvalue weighted by atomic mass is 10.1. The highest BCUT2D eigenvalue weighted by atomic mass is 16.5. The predicted octanol–water partition coefficient (Wildman–Crippen LogP) is 3.97. The van der Waals surface area contributed by atoms with Gasteiger partial charge in [0.05, 0.1) is 25.3 Å². The van der Waals surface area contributed by atoms with Gasteiger partial charge in [0.25, 0.3) is 0 Å². The Balaban J connectivity index is 1.77. The van der Waals surface area contributed by atoms with Crippen molar-refractivity contribution in [2.45, 2.75) is 19.3 Å².